The molecule has 0 spiro atoms. The molecule has 0 aliphatic rings. The zero-order valence-electron chi connectivity index (χ0n) is 14.0. The molecule has 0 bridgehead atoms. The fraction of sp³-hybridized carbons (Fsp3) is 0.0556. The summed E-state index contributed by atoms with van der Waals surface area (Å²) < 4.78 is 10.0. The molecule has 134 valence electrons. The number of carbonyl (C=O) groups is 1. The van der Waals surface area contributed by atoms with E-state index >= 15 is 0 Å². The Bertz CT molecular complexity index is 927. The molecule has 0 heterocycles. The minimum absolute atomic E-state index is 0.0928. The molecule has 0 radical (unpaired) electrons. The molecule has 9 nitrogen and oxygen atoms in total. The van der Waals surface area contributed by atoms with Gasteiger partial charge < -0.3 is 9.47 Å². The van der Waals surface area contributed by atoms with Gasteiger partial charge in [0.2, 0.25) is 0 Å². The second-order valence-corrected chi connectivity index (χ2v) is 4.78. The number of nitriles is 2. The van der Waals surface area contributed by atoms with Crippen molar-refractivity contribution in [3.05, 3.63) is 59.7 Å². The number of ether oxygens (including phenoxy) is 2. The van der Waals surface area contributed by atoms with Gasteiger partial charge in [-0.3, -0.25) is 0 Å². The molecule has 2 amide bonds. The van der Waals surface area contributed by atoms with Crippen LogP contribution in [0.4, 0.5) is 4.79 Å². The van der Waals surface area contributed by atoms with E-state index in [1.165, 1.54) is 12.4 Å². The maximum atomic E-state index is 11.7. The monoisotopic (exact) mass is 362 g/mol. The third-order valence-corrected chi connectivity index (χ3v) is 3.03. The van der Waals surface area contributed by atoms with Crippen LogP contribution in [0.25, 0.3) is 0 Å². The van der Waals surface area contributed by atoms with Crippen LogP contribution in [0.1, 0.15) is 11.1 Å². The molecule has 0 aliphatic carbocycles. The number of nitrogens with zero attached hydrogens (tertiary/aromatic N) is 4. The fourth-order valence-electron chi connectivity index (χ4n) is 1.90. The summed E-state index contributed by atoms with van der Waals surface area (Å²) in [5, 5.41) is 24.7. The molecule has 0 unspecified atom stereocenters. The van der Waals surface area contributed by atoms with Gasteiger partial charge in [-0.2, -0.15) is 15.5 Å². The highest BCUT2D eigenvalue weighted by Crippen LogP contribution is 2.16. The van der Waals surface area contributed by atoms with Gasteiger partial charge in [0.25, 0.3) is 6.26 Å². The summed E-state index contributed by atoms with van der Waals surface area (Å²) in [6.07, 6.45) is 4.29. The Hall–Kier alpha value is -4.37. The SMILES string of the molecule is N#CCOc1ccccc1C=NNC(=O)NN=Cc1ccccc1OC#N. The lowest BCUT2D eigenvalue weighted by Gasteiger charge is -2.04. The van der Waals surface area contributed by atoms with Gasteiger partial charge in [0.1, 0.15) is 11.8 Å². The zero-order chi connectivity index (χ0) is 19.3. The Morgan fingerprint density at radius 3 is 2.11 bits per heavy atom. The molecule has 9 heteroatoms. The quantitative estimate of drug-likeness (QED) is 0.442. The third kappa shape index (κ3) is 6.21. The Morgan fingerprint density at radius 2 is 1.52 bits per heavy atom. The lowest BCUT2D eigenvalue weighted by molar-refractivity contribution is 0.242. The van der Waals surface area contributed by atoms with Gasteiger partial charge in [0.05, 0.1) is 12.4 Å². The normalized spacial score (nSPS) is 10.1. The highest BCUT2D eigenvalue weighted by molar-refractivity contribution is 5.86. The molecular weight excluding hydrogens is 348 g/mol. The summed E-state index contributed by atoms with van der Waals surface area (Å²) >= 11 is 0. The van der Waals surface area contributed by atoms with Crippen LogP contribution in [0.5, 0.6) is 11.5 Å². The van der Waals surface area contributed by atoms with Gasteiger partial charge in [-0.1, -0.05) is 24.3 Å². The third-order valence-electron chi connectivity index (χ3n) is 3.03. The lowest BCUT2D eigenvalue weighted by Crippen LogP contribution is -2.28. The van der Waals surface area contributed by atoms with Crippen molar-refractivity contribution >= 4 is 18.5 Å². The van der Waals surface area contributed by atoms with Crippen molar-refractivity contribution in [2.24, 2.45) is 10.2 Å². The molecule has 0 fully saturated rings. The van der Waals surface area contributed by atoms with E-state index in [-0.39, 0.29) is 6.61 Å². The minimum atomic E-state index is -0.670. The number of amides is 2. The van der Waals surface area contributed by atoms with Crippen molar-refractivity contribution in [3.63, 3.8) is 0 Å². The van der Waals surface area contributed by atoms with Gasteiger partial charge in [0, 0.05) is 11.1 Å². The summed E-state index contributed by atoms with van der Waals surface area (Å²) in [6.45, 7) is -0.0928. The Balaban J connectivity index is 1.89. The van der Waals surface area contributed by atoms with E-state index in [2.05, 4.69) is 21.1 Å². The van der Waals surface area contributed by atoms with Crippen molar-refractivity contribution < 1.29 is 14.3 Å². The van der Waals surface area contributed by atoms with E-state index in [1.54, 1.807) is 54.8 Å². The van der Waals surface area contributed by atoms with Gasteiger partial charge in [-0.05, 0) is 24.3 Å². The van der Waals surface area contributed by atoms with Crippen molar-refractivity contribution in [2.45, 2.75) is 0 Å². The molecule has 2 aromatic rings. The van der Waals surface area contributed by atoms with E-state index in [0.717, 1.165) is 0 Å². The number of rotatable bonds is 7. The van der Waals surface area contributed by atoms with Crippen LogP contribution in [0.2, 0.25) is 0 Å². The van der Waals surface area contributed by atoms with Crippen LogP contribution >= 0.6 is 0 Å². The Morgan fingerprint density at radius 1 is 0.963 bits per heavy atom. The molecule has 0 saturated heterocycles. The van der Waals surface area contributed by atoms with E-state index in [1.807, 2.05) is 6.07 Å². The second-order valence-electron chi connectivity index (χ2n) is 4.78. The molecule has 0 saturated carbocycles. The van der Waals surface area contributed by atoms with Crippen molar-refractivity contribution in [2.75, 3.05) is 6.61 Å². The number of urea groups is 1. The Kier molecular flexibility index (Phi) is 7.36. The number of hydrogen-bond donors (Lipinski definition) is 2. The molecule has 2 aromatic carbocycles. The van der Waals surface area contributed by atoms with Crippen LogP contribution < -0.4 is 20.3 Å². The second kappa shape index (κ2) is 10.5. The molecule has 0 aliphatic heterocycles. The van der Waals surface area contributed by atoms with Crippen molar-refractivity contribution in [1.82, 2.24) is 10.9 Å². The van der Waals surface area contributed by atoms with E-state index in [9.17, 15) is 4.79 Å². The summed E-state index contributed by atoms with van der Waals surface area (Å²) in [5.41, 5.74) is 5.59. The fourth-order valence-corrected chi connectivity index (χ4v) is 1.90. The van der Waals surface area contributed by atoms with E-state index < -0.39 is 6.03 Å². The molecule has 27 heavy (non-hydrogen) atoms. The first-order chi connectivity index (χ1) is 13.2. The highest BCUT2D eigenvalue weighted by atomic mass is 16.5. The van der Waals surface area contributed by atoms with Crippen LogP contribution in [-0.2, 0) is 0 Å². The summed E-state index contributed by atoms with van der Waals surface area (Å²) in [5.74, 6) is 0.787. The highest BCUT2D eigenvalue weighted by Gasteiger charge is 2.02. The number of nitrogens with one attached hydrogen (secondary N) is 2. The maximum Gasteiger partial charge on any atom is 0.355 e. The number of hydrogen-bond acceptors (Lipinski definition) is 7. The van der Waals surface area contributed by atoms with Gasteiger partial charge in [0.15, 0.2) is 12.4 Å². The number of benzene rings is 2. The molecule has 2 rings (SSSR count). The van der Waals surface area contributed by atoms with Gasteiger partial charge in [-0.15, -0.1) is 5.26 Å². The topological polar surface area (TPSA) is 132 Å². The lowest BCUT2D eigenvalue weighted by atomic mass is 10.2. The van der Waals surface area contributed by atoms with Crippen molar-refractivity contribution in [1.29, 1.82) is 10.5 Å². The maximum absolute atomic E-state index is 11.7. The van der Waals surface area contributed by atoms with Crippen LogP contribution in [0.15, 0.2) is 58.7 Å². The summed E-state index contributed by atoms with van der Waals surface area (Å²) in [7, 11) is 0. The summed E-state index contributed by atoms with van der Waals surface area (Å²) in [4.78, 5) is 11.7. The molecule has 0 atom stereocenters. The van der Waals surface area contributed by atoms with Crippen LogP contribution in [0.3, 0.4) is 0 Å². The predicted octanol–water partition coefficient (Wildman–Crippen LogP) is 2.12. The standard InChI is InChI=1S/C18H14N6O3/c19-9-10-26-16-7-3-1-5-14(16)11-21-23-18(25)24-22-12-15-6-2-4-8-17(15)27-13-20/h1-8,11-12H,10H2,(H2,23,24,25). The first-order valence-corrected chi connectivity index (χ1v) is 7.60. The molecular formula is C18H14N6O3. The number of hydrazone groups is 2. The largest absolute Gasteiger partial charge is 0.478 e. The van der Waals surface area contributed by atoms with E-state index in [4.69, 9.17) is 20.0 Å². The van der Waals surface area contributed by atoms with Gasteiger partial charge >= 0.3 is 6.03 Å². The minimum Gasteiger partial charge on any atom is -0.478 e. The number of carbonyl (C=O) groups excluding carboxylic acids is 1. The van der Waals surface area contributed by atoms with Crippen molar-refractivity contribution in [3.8, 4) is 23.8 Å². The van der Waals surface area contributed by atoms with E-state index in [0.29, 0.717) is 22.6 Å². The average Bonchev–Trinajstić information content (AvgIpc) is 2.69. The average molecular weight is 362 g/mol. The predicted molar refractivity (Wildman–Crippen MR) is 97.1 cm³/mol. The Labute approximate surface area is 155 Å². The first kappa shape index (κ1) is 19.0. The molecule has 2 N–H and O–H groups in total. The smallest absolute Gasteiger partial charge is 0.355 e. The van der Waals surface area contributed by atoms with Crippen LogP contribution in [0, 0.1) is 22.8 Å². The van der Waals surface area contributed by atoms with Crippen LogP contribution in [-0.4, -0.2) is 25.1 Å². The van der Waals surface area contributed by atoms with Gasteiger partial charge in [-0.25, -0.2) is 15.6 Å². The zero-order valence-corrected chi connectivity index (χ0v) is 14.0. The molecule has 0 aromatic heterocycles. The summed E-state index contributed by atoms with van der Waals surface area (Å²) in [6, 6.07) is 14.9. The first-order valence-electron chi connectivity index (χ1n) is 7.60. The number of para-hydroxylation sites is 2.